The molecule has 0 bridgehead atoms. The van der Waals surface area contributed by atoms with E-state index in [1.54, 1.807) is 0 Å². The zero-order chi connectivity index (χ0) is 23.4. The summed E-state index contributed by atoms with van der Waals surface area (Å²) in [5, 5.41) is 13.2. The second-order valence-corrected chi connectivity index (χ2v) is 19.1. The zero-order valence-electron chi connectivity index (χ0n) is 18.1. The van der Waals surface area contributed by atoms with Gasteiger partial charge in [-0.25, -0.2) is 26.3 Å². The Morgan fingerprint density at radius 1 is 1.06 bits per heavy atom. The lowest BCUT2D eigenvalue weighted by Gasteiger charge is -2.17. The first-order valence-electron chi connectivity index (χ1n) is 10.0. The van der Waals surface area contributed by atoms with Crippen molar-refractivity contribution in [3.63, 3.8) is 0 Å². The molecule has 1 saturated heterocycles. The fourth-order valence-electron chi connectivity index (χ4n) is 3.07. The maximum atomic E-state index is 11.8. The molecule has 176 valence electrons. The molecule has 1 aromatic rings. The van der Waals surface area contributed by atoms with Crippen LogP contribution in [0.3, 0.4) is 0 Å². The summed E-state index contributed by atoms with van der Waals surface area (Å²) >= 11 is 0. The summed E-state index contributed by atoms with van der Waals surface area (Å²) in [5.41, 5.74) is 0.923. The minimum Gasteiger partial charge on any atom is -0.476 e. The molecule has 0 amide bonds. The van der Waals surface area contributed by atoms with Crippen LogP contribution in [0.4, 0.5) is 0 Å². The quantitative estimate of drug-likeness (QED) is 0.453. The number of ether oxygens (including phenoxy) is 1. The number of carboxylic acid groups (broad SMARTS) is 1. The molecule has 3 rings (SSSR count). The summed E-state index contributed by atoms with van der Waals surface area (Å²) in [6.45, 7) is 7.37. The number of rotatable bonds is 6. The van der Waals surface area contributed by atoms with Gasteiger partial charge in [0.15, 0.2) is 25.4 Å². The number of carbonyl (C=O) groups is 2. The molecular formula is C18H30N2O8S2Si. The number of hydrogen-bond acceptors (Lipinski definition) is 8. The molecule has 1 N–H and O–H groups in total. The van der Waals surface area contributed by atoms with Crippen molar-refractivity contribution in [3.05, 3.63) is 17.0 Å². The van der Waals surface area contributed by atoms with Crippen LogP contribution in [0.15, 0.2) is 0 Å². The van der Waals surface area contributed by atoms with Crippen molar-refractivity contribution in [1.82, 2.24) is 9.78 Å². The Kier molecular flexibility index (Phi) is 8.22. The van der Waals surface area contributed by atoms with Crippen molar-refractivity contribution in [2.24, 2.45) is 0 Å². The van der Waals surface area contributed by atoms with E-state index in [1.165, 1.54) is 4.68 Å². The van der Waals surface area contributed by atoms with E-state index < -0.39 is 33.7 Å². The van der Waals surface area contributed by atoms with Crippen LogP contribution in [-0.4, -0.2) is 75.4 Å². The Morgan fingerprint density at radius 2 is 1.65 bits per heavy atom. The summed E-state index contributed by atoms with van der Waals surface area (Å²) in [4.78, 5) is 21.7. The van der Waals surface area contributed by atoms with E-state index in [-0.39, 0.29) is 60.5 Å². The number of aromatic carboxylic acids is 1. The third-order valence-electron chi connectivity index (χ3n) is 4.98. The molecule has 0 spiro atoms. The Balaban J connectivity index is 0.000000316. The standard InChI is InChI=1S/C13H22N2O5SSi.C5H8O3S/c1-22(2,3)7-5-20-9-15-11-8-21(18,19)6-4-10(11)12(14-15)13(16)17;6-5-1-3-9(7,8)4-2-5/h4-9H2,1-3H3,(H,16,17);1-4H2. The van der Waals surface area contributed by atoms with Crippen LogP contribution < -0.4 is 0 Å². The lowest BCUT2D eigenvalue weighted by Crippen LogP contribution is -2.23. The van der Waals surface area contributed by atoms with Gasteiger partial charge in [0.1, 0.15) is 12.5 Å². The first-order chi connectivity index (χ1) is 14.2. The molecule has 0 saturated carbocycles. The van der Waals surface area contributed by atoms with E-state index >= 15 is 0 Å². The van der Waals surface area contributed by atoms with Crippen molar-refractivity contribution in [3.8, 4) is 0 Å². The predicted octanol–water partition coefficient (Wildman–Crippen LogP) is 1.13. The summed E-state index contributed by atoms with van der Waals surface area (Å²) in [6.07, 6.45) is 0.652. The van der Waals surface area contributed by atoms with Crippen LogP contribution >= 0.6 is 0 Å². The average molecular weight is 495 g/mol. The van der Waals surface area contributed by atoms with Gasteiger partial charge >= 0.3 is 5.97 Å². The van der Waals surface area contributed by atoms with Crippen LogP contribution in [0.5, 0.6) is 0 Å². The average Bonchev–Trinajstić information content (AvgIpc) is 2.98. The normalized spacial score (nSPS) is 19.8. The molecule has 0 unspecified atom stereocenters. The van der Waals surface area contributed by atoms with Gasteiger partial charge in [-0.15, -0.1) is 0 Å². The van der Waals surface area contributed by atoms with Gasteiger partial charge in [-0.05, 0) is 12.5 Å². The second-order valence-electron chi connectivity index (χ2n) is 8.96. The smallest absolute Gasteiger partial charge is 0.356 e. The molecule has 13 heteroatoms. The fourth-order valence-corrected chi connectivity index (χ4v) is 6.51. The summed E-state index contributed by atoms with van der Waals surface area (Å²) < 4.78 is 51.8. The fraction of sp³-hybridized carbons (Fsp3) is 0.722. The number of fused-ring (bicyclic) bond motifs is 1. The van der Waals surface area contributed by atoms with Crippen LogP contribution in [0, 0.1) is 0 Å². The third-order valence-corrected chi connectivity index (χ3v) is 9.88. The summed E-state index contributed by atoms with van der Waals surface area (Å²) in [7, 11) is -7.23. The molecule has 0 aromatic carbocycles. The highest BCUT2D eigenvalue weighted by Gasteiger charge is 2.31. The van der Waals surface area contributed by atoms with Crippen molar-refractivity contribution in [2.75, 3.05) is 23.9 Å². The number of carboxylic acids is 1. The molecule has 2 aliphatic rings. The highest BCUT2D eigenvalue weighted by molar-refractivity contribution is 7.91. The Bertz CT molecular complexity index is 1020. The van der Waals surface area contributed by atoms with Crippen molar-refractivity contribution in [1.29, 1.82) is 0 Å². The Labute approximate surface area is 183 Å². The van der Waals surface area contributed by atoms with Gasteiger partial charge in [0, 0.05) is 33.1 Å². The predicted molar refractivity (Wildman–Crippen MR) is 117 cm³/mol. The monoisotopic (exact) mass is 494 g/mol. The SMILES string of the molecule is C[Si](C)(C)CCOCn1nc(C(=O)O)c2c1CS(=O)(=O)CC2.O=C1CCS(=O)(=O)CC1. The molecule has 1 fully saturated rings. The first-order valence-corrected chi connectivity index (χ1v) is 17.4. The molecule has 1 aromatic heterocycles. The number of ketones is 1. The van der Waals surface area contributed by atoms with Crippen LogP contribution in [0.2, 0.25) is 25.7 Å². The second kappa shape index (κ2) is 9.92. The highest BCUT2D eigenvalue weighted by atomic mass is 32.2. The topological polar surface area (TPSA) is 150 Å². The lowest BCUT2D eigenvalue weighted by atomic mass is 10.1. The molecule has 3 heterocycles. The number of carbonyl (C=O) groups excluding carboxylic acids is 1. The van der Waals surface area contributed by atoms with Gasteiger partial charge < -0.3 is 9.84 Å². The van der Waals surface area contributed by atoms with E-state index in [0.717, 1.165) is 6.04 Å². The molecule has 0 radical (unpaired) electrons. The van der Waals surface area contributed by atoms with E-state index in [0.29, 0.717) is 17.9 Å². The first kappa shape index (κ1) is 25.7. The number of aromatic nitrogens is 2. The Hall–Kier alpha value is -1.57. The lowest BCUT2D eigenvalue weighted by molar-refractivity contribution is -0.118. The number of nitrogens with zero attached hydrogens (tertiary/aromatic N) is 2. The molecular weight excluding hydrogens is 464 g/mol. The minimum absolute atomic E-state index is 0.0253. The van der Waals surface area contributed by atoms with Gasteiger partial charge in [0.25, 0.3) is 0 Å². The van der Waals surface area contributed by atoms with Crippen molar-refractivity contribution in [2.45, 2.75) is 57.4 Å². The van der Waals surface area contributed by atoms with E-state index in [4.69, 9.17) is 4.74 Å². The van der Waals surface area contributed by atoms with E-state index in [1.807, 2.05) is 0 Å². The van der Waals surface area contributed by atoms with Crippen molar-refractivity contribution < 1.29 is 36.3 Å². The third kappa shape index (κ3) is 8.13. The molecule has 2 aliphatic heterocycles. The maximum Gasteiger partial charge on any atom is 0.356 e. The molecule has 10 nitrogen and oxygen atoms in total. The van der Waals surface area contributed by atoms with Gasteiger partial charge in [0.05, 0.1) is 28.7 Å². The summed E-state index contributed by atoms with van der Waals surface area (Å²) in [6, 6.07) is 0.987. The van der Waals surface area contributed by atoms with Gasteiger partial charge in [-0.2, -0.15) is 5.10 Å². The van der Waals surface area contributed by atoms with Gasteiger partial charge in [0.2, 0.25) is 0 Å². The van der Waals surface area contributed by atoms with Crippen LogP contribution in [0.1, 0.15) is 34.6 Å². The van der Waals surface area contributed by atoms with E-state index in [2.05, 4.69) is 24.7 Å². The summed E-state index contributed by atoms with van der Waals surface area (Å²) in [5.74, 6) is -1.12. The molecule has 0 atom stereocenters. The van der Waals surface area contributed by atoms with Gasteiger partial charge in [-0.3, -0.25) is 4.79 Å². The van der Waals surface area contributed by atoms with Crippen LogP contribution in [-0.2, 0) is 48.1 Å². The number of Topliss-reactive ketones (excluding diaryl/α,β-unsaturated/α-hetero) is 1. The molecule has 31 heavy (non-hydrogen) atoms. The number of sulfone groups is 2. The van der Waals surface area contributed by atoms with Crippen LogP contribution in [0.25, 0.3) is 0 Å². The maximum absolute atomic E-state index is 11.8. The van der Waals surface area contributed by atoms with Gasteiger partial charge in [-0.1, -0.05) is 19.6 Å². The molecule has 0 aliphatic carbocycles. The largest absolute Gasteiger partial charge is 0.476 e. The number of hydrogen-bond donors (Lipinski definition) is 1. The Morgan fingerprint density at radius 3 is 2.16 bits per heavy atom. The van der Waals surface area contributed by atoms with Crippen molar-refractivity contribution >= 4 is 39.5 Å². The highest BCUT2D eigenvalue weighted by Crippen LogP contribution is 2.24. The minimum atomic E-state index is -3.19. The zero-order valence-corrected chi connectivity index (χ0v) is 20.7. The van der Waals surface area contributed by atoms with E-state index in [9.17, 15) is 31.5 Å².